The van der Waals surface area contributed by atoms with Crippen molar-refractivity contribution in [1.29, 1.82) is 0 Å². The van der Waals surface area contributed by atoms with E-state index in [0.29, 0.717) is 0 Å². The minimum absolute atomic E-state index is 0.853. The molecular formula is C21H24O2. The Morgan fingerprint density at radius 3 is 2.30 bits per heavy atom. The van der Waals surface area contributed by atoms with Gasteiger partial charge in [-0.2, -0.15) is 0 Å². The SMILES string of the molecule is C=C(/C(C)=C\c1cc(OC)ccc1C)c1cc(C)cc(OC)c1. The number of methoxy groups -OCH3 is 2. The van der Waals surface area contributed by atoms with Crippen LogP contribution in [0.5, 0.6) is 11.5 Å². The van der Waals surface area contributed by atoms with Crippen molar-refractivity contribution < 1.29 is 9.47 Å². The first kappa shape index (κ1) is 16.9. The van der Waals surface area contributed by atoms with Crippen molar-refractivity contribution in [2.24, 2.45) is 0 Å². The first-order valence-corrected chi connectivity index (χ1v) is 7.63. The van der Waals surface area contributed by atoms with E-state index < -0.39 is 0 Å². The molecule has 0 fully saturated rings. The topological polar surface area (TPSA) is 18.5 Å². The Morgan fingerprint density at radius 2 is 1.65 bits per heavy atom. The van der Waals surface area contributed by atoms with Gasteiger partial charge in [0.25, 0.3) is 0 Å². The number of allylic oxidation sites excluding steroid dienone is 2. The number of hydrogen-bond acceptors (Lipinski definition) is 2. The van der Waals surface area contributed by atoms with E-state index in [2.05, 4.69) is 45.6 Å². The second kappa shape index (κ2) is 7.19. The third-order valence-corrected chi connectivity index (χ3v) is 3.97. The Hall–Kier alpha value is -2.48. The van der Waals surface area contributed by atoms with E-state index in [0.717, 1.165) is 39.3 Å². The molecule has 2 aromatic carbocycles. The molecule has 0 N–H and O–H groups in total. The lowest BCUT2D eigenvalue weighted by atomic mass is 9.96. The number of benzene rings is 2. The maximum absolute atomic E-state index is 5.36. The fourth-order valence-electron chi connectivity index (χ4n) is 2.49. The van der Waals surface area contributed by atoms with E-state index in [9.17, 15) is 0 Å². The lowest BCUT2D eigenvalue weighted by molar-refractivity contribution is 0.414. The van der Waals surface area contributed by atoms with Gasteiger partial charge in [-0.15, -0.1) is 0 Å². The van der Waals surface area contributed by atoms with Crippen molar-refractivity contribution in [1.82, 2.24) is 0 Å². The molecule has 120 valence electrons. The summed E-state index contributed by atoms with van der Waals surface area (Å²) < 4.78 is 10.7. The van der Waals surface area contributed by atoms with Crippen LogP contribution in [0.15, 0.2) is 48.6 Å². The van der Waals surface area contributed by atoms with Gasteiger partial charge in [0.1, 0.15) is 11.5 Å². The van der Waals surface area contributed by atoms with Gasteiger partial charge in [0.15, 0.2) is 0 Å². The van der Waals surface area contributed by atoms with Crippen LogP contribution in [0.4, 0.5) is 0 Å². The predicted octanol–water partition coefficient (Wildman–Crippen LogP) is 5.44. The Kier molecular flexibility index (Phi) is 5.28. The van der Waals surface area contributed by atoms with E-state index >= 15 is 0 Å². The molecule has 2 nitrogen and oxygen atoms in total. The van der Waals surface area contributed by atoms with Gasteiger partial charge in [-0.3, -0.25) is 0 Å². The van der Waals surface area contributed by atoms with Crippen molar-refractivity contribution in [3.63, 3.8) is 0 Å². The van der Waals surface area contributed by atoms with Crippen LogP contribution in [0.2, 0.25) is 0 Å². The van der Waals surface area contributed by atoms with Gasteiger partial charge >= 0.3 is 0 Å². The highest BCUT2D eigenvalue weighted by Crippen LogP contribution is 2.28. The smallest absolute Gasteiger partial charge is 0.119 e. The second-order valence-electron chi connectivity index (χ2n) is 5.77. The maximum Gasteiger partial charge on any atom is 0.119 e. The summed E-state index contributed by atoms with van der Waals surface area (Å²) in [7, 11) is 3.37. The molecule has 0 unspecified atom stereocenters. The van der Waals surface area contributed by atoms with E-state index in [4.69, 9.17) is 9.47 Å². The Bertz CT molecular complexity index is 754. The first-order chi connectivity index (χ1) is 10.9. The minimum atomic E-state index is 0.853. The maximum atomic E-state index is 5.36. The molecular weight excluding hydrogens is 284 g/mol. The van der Waals surface area contributed by atoms with Gasteiger partial charge < -0.3 is 9.47 Å². The lowest BCUT2D eigenvalue weighted by Crippen LogP contribution is -1.91. The zero-order valence-electron chi connectivity index (χ0n) is 14.6. The van der Waals surface area contributed by atoms with Crippen LogP contribution < -0.4 is 9.47 Å². The highest BCUT2D eigenvalue weighted by molar-refractivity contribution is 5.83. The zero-order valence-corrected chi connectivity index (χ0v) is 14.6. The second-order valence-corrected chi connectivity index (χ2v) is 5.77. The first-order valence-electron chi connectivity index (χ1n) is 7.63. The van der Waals surface area contributed by atoms with Gasteiger partial charge in [0, 0.05) is 0 Å². The molecule has 0 saturated carbocycles. The van der Waals surface area contributed by atoms with Crippen molar-refractivity contribution in [2.45, 2.75) is 20.8 Å². The fraction of sp³-hybridized carbons (Fsp3) is 0.238. The van der Waals surface area contributed by atoms with E-state index in [1.54, 1.807) is 14.2 Å². The standard InChI is InChI=1S/C21H24O2/c1-14-9-19(13-21(10-14)23-6)17(4)16(3)11-18-12-20(22-5)8-7-15(18)2/h7-13H,4H2,1-3,5-6H3/b16-11-. The van der Waals surface area contributed by atoms with Crippen molar-refractivity contribution >= 4 is 11.6 Å². The van der Waals surface area contributed by atoms with E-state index in [1.165, 1.54) is 5.56 Å². The summed E-state index contributed by atoms with van der Waals surface area (Å²) in [5, 5.41) is 0. The van der Waals surface area contributed by atoms with Crippen LogP contribution in [0.1, 0.15) is 29.2 Å². The molecule has 2 aromatic rings. The van der Waals surface area contributed by atoms with Crippen LogP contribution >= 0.6 is 0 Å². The molecule has 0 aromatic heterocycles. The Morgan fingerprint density at radius 1 is 0.957 bits per heavy atom. The molecule has 23 heavy (non-hydrogen) atoms. The van der Waals surface area contributed by atoms with Crippen LogP contribution in [0.25, 0.3) is 11.6 Å². The average Bonchev–Trinajstić information content (AvgIpc) is 2.55. The van der Waals surface area contributed by atoms with Crippen LogP contribution in [-0.2, 0) is 0 Å². The van der Waals surface area contributed by atoms with Gasteiger partial charge in [-0.05, 0) is 78.4 Å². The zero-order chi connectivity index (χ0) is 17.0. The number of ether oxygens (including phenoxy) is 2. The average molecular weight is 308 g/mol. The van der Waals surface area contributed by atoms with Crippen LogP contribution in [-0.4, -0.2) is 14.2 Å². The summed E-state index contributed by atoms with van der Waals surface area (Å²) in [6, 6.07) is 12.2. The summed E-state index contributed by atoms with van der Waals surface area (Å²) in [5.41, 5.74) is 6.70. The van der Waals surface area contributed by atoms with Gasteiger partial charge in [0.05, 0.1) is 14.2 Å². The summed E-state index contributed by atoms with van der Waals surface area (Å²) in [6.45, 7) is 10.5. The number of aryl methyl sites for hydroxylation is 2. The van der Waals surface area contributed by atoms with E-state index in [-0.39, 0.29) is 0 Å². The summed E-state index contributed by atoms with van der Waals surface area (Å²) >= 11 is 0. The molecule has 0 aliphatic heterocycles. The number of rotatable bonds is 5. The van der Waals surface area contributed by atoms with Crippen LogP contribution in [0.3, 0.4) is 0 Å². The molecule has 0 spiro atoms. The molecule has 2 rings (SSSR count). The highest BCUT2D eigenvalue weighted by atomic mass is 16.5. The van der Waals surface area contributed by atoms with Gasteiger partial charge in [0.2, 0.25) is 0 Å². The van der Waals surface area contributed by atoms with Gasteiger partial charge in [-0.1, -0.05) is 24.8 Å². The van der Waals surface area contributed by atoms with E-state index in [1.807, 2.05) is 24.3 Å². The van der Waals surface area contributed by atoms with Crippen molar-refractivity contribution in [3.8, 4) is 11.5 Å². The summed E-state index contributed by atoms with van der Waals surface area (Å²) in [4.78, 5) is 0. The largest absolute Gasteiger partial charge is 0.497 e. The molecule has 0 aliphatic rings. The third kappa shape index (κ3) is 4.04. The molecule has 0 atom stereocenters. The van der Waals surface area contributed by atoms with Crippen molar-refractivity contribution in [3.05, 3.63) is 70.8 Å². The molecule has 2 heteroatoms. The quantitative estimate of drug-likeness (QED) is 0.685. The highest BCUT2D eigenvalue weighted by Gasteiger charge is 2.06. The number of hydrogen-bond donors (Lipinski definition) is 0. The summed E-state index contributed by atoms with van der Waals surface area (Å²) in [5.74, 6) is 1.71. The molecule has 0 radical (unpaired) electrons. The third-order valence-electron chi connectivity index (χ3n) is 3.97. The molecule has 0 amide bonds. The molecule has 0 bridgehead atoms. The molecule has 0 aliphatic carbocycles. The molecule has 0 saturated heterocycles. The van der Waals surface area contributed by atoms with Gasteiger partial charge in [-0.25, -0.2) is 0 Å². The Balaban J connectivity index is 2.38. The lowest BCUT2D eigenvalue weighted by Gasteiger charge is -2.11. The minimum Gasteiger partial charge on any atom is -0.497 e. The summed E-state index contributed by atoms with van der Waals surface area (Å²) in [6.07, 6.45) is 2.15. The fourth-order valence-corrected chi connectivity index (χ4v) is 2.49. The Labute approximate surface area is 139 Å². The van der Waals surface area contributed by atoms with Crippen molar-refractivity contribution in [2.75, 3.05) is 14.2 Å². The monoisotopic (exact) mass is 308 g/mol. The normalized spacial score (nSPS) is 11.3. The molecule has 0 heterocycles. The van der Waals surface area contributed by atoms with Crippen LogP contribution in [0, 0.1) is 13.8 Å². The predicted molar refractivity (Wildman–Crippen MR) is 98.1 cm³/mol.